The van der Waals surface area contributed by atoms with Crippen LogP contribution in [0.5, 0.6) is 11.5 Å². The fourth-order valence-corrected chi connectivity index (χ4v) is 1.10. The average Bonchev–Trinajstić information content (AvgIpc) is 2.16. The molecule has 0 atom stereocenters. The molecule has 1 rings (SSSR count). The predicted octanol–water partition coefficient (Wildman–Crippen LogP) is 0.439. The van der Waals surface area contributed by atoms with Gasteiger partial charge >= 0.3 is 5.97 Å². The Labute approximate surface area is 86.1 Å². The number of phenolic OH excluding ortho intramolecular Hbond substituents is 2. The molecule has 0 saturated carbocycles. The molecule has 0 heterocycles. The van der Waals surface area contributed by atoms with Crippen LogP contribution in [0, 0.1) is 0 Å². The topological polar surface area (TPSA) is 119 Å². The van der Waals surface area contributed by atoms with Gasteiger partial charge in [0.2, 0.25) is 0 Å². The van der Waals surface area contributed by atoms with Crippen LogP contribution < -0.4 is 11.5 Å². The molecule has 0 aliphatic heterocycles. The predicted molar refractivity (Wildman–Crippen MR) is 54.6 cm³/mol. The number of nitrogens with two attached hydrogens (primary N) is 2. The van der Waals surface area contributed by atoms with E-state index in [0.717, 1.165) is 6.07 Å². The highest BCUT2D eigenvalue weighted by Crippen LogP contribution is 2.37. The first-order chi connectivity index (χ1) is 6.99. The summed E-state index contributed by atoms with van der Waals surface area (Å²) in [5.41, 5.74) is 10.2. The molecule has 0 amide bonds. The summed E-state index contributed by atoms with van der Waals surface area (Å²) in [5.74, 6) is -1.92. The molecule has 6 nitrogen and oxygen atoms in total. The fraction of sp³-hybridized carbons (Fsp3) is 0.222. The largest absolute Gasteiger partial charge is 0.505 e. The molecule has 0 aliphatic carbocycles. The molecule has 82 valence electrons. The van der Waals surface area contributed by atoms with E-state index in [1.54, 1.807) is 6.92 Å². The first-order valence-corrected chi connectivity index (χ1v) is 4.26. The quantitative estimate of drug-likeness (QED) is 0.244. The first kappa shape index (κ1) is 11.0. The van der Waals surface area contributed by atoms with Gasteiger partial charge < -0.3 is 26.4 Å². The Morgan fingerprint density at radius 3 is 2.20 bits per heavy atom. The second kappa shape index (κ2) is 3.95. The summed E-state index contributed by atoms with van der Waals surface area (Å²) in [5, 5.41) is 18.9. The van der Waals surface area contributed by atoms with E-state index in [-0.39, 0.29) is 18.0 Å². The second-order valence-corrected chi connectivity index (χ2v) is 2.85. The van der Waals surface area contributed by atoms with Crippen molar-refractivity contribution in [2.75, 3.05) is 18.1 Å². The van der Waals surface area contributed by atoms with E-state index in [9.17, 15) is 15.0 Å². The average molecular weight is 212 g/mol. The molecule has 0 aromatic heterocycles. The van der Waals surface area contributed by atoms with Crippen molar-refractivity contribution in [1.29, 1.82) is 0 Å². The third-order valence-corrected chi connectivity index (χ3v) is 1.81. The lowest BCUT2D eigenvalue weighted by atomic mass is 10.1. The summed E-state index contributed by atoms with van der Waals surface area (Å²) < 4.78 is 4.63. The van der Waals surface area contributed by atoms with E-state index >= 15 is 0 Å². The molecule has 0 saturated heterocycles. The van der Waals surface area contributed by atoms with Crippen LogP contribution in [-0.2, 0) is 4.74 Å². The monoisotopic (exact) mass is 212 g/mol. The number of rotatable bonds is 2. The molecular weight excluding hydrogens is 200 g/mol. The minimum absolute atomic E-state index is 0.0895. The minimum Gasteiger partial charge on any atom is -0.505 e. The van der Waals surface area contributed by atoms with Gasteiger partial charge in [-0.1, -0.05) is 0 Å². The Bertz CT molecular complexity index is 377. The summed E-state index contributed by atoms with van der Waals surface area (Å²) in [6, 6.07) is 1.16. The van der Waals surface area contributed by atoms with E-state index in [4.69, 9.17) is 11.5 Å². The van der Waals surface area contributed by atoms with Crippen LogP contribution in [0.1, 0.15) is 17.3 Å². The fourth-order valence-electron chi connectivity index (χ4n) is 1.10. The van der Waals surface area contributed by atoms with Crippen LogP contribution in [0.25, 0.3) is 0 Å². The summed E-state index contributed by atoms with van der Waals surface area (Å²) in [7, 11) is 0. The van der Waals surface area contributed by atoms with Gasteiger partial charge in [-0.05, 0) is 13.0 Å². The zero-order valence-electron chi connectivity index (χ0n) is 8.15. The molecule has 0 aliphatic rings. The summed E-state index contributed by atoms with van der Waals surface area (Å²) in [6.07, 6.45) is 0. The lowest BCUT2D eigenvalue weighted by molar-refractivity contribution is 0.0520. The van der Waals surface area contributed by atoms with Crippen LogP contribution in [0.3, 0.4) is 0 Å². The molecule has 0 radical (unpaired) electrons. The number of aromatic hydroxyl groups is 2. The van der Waals surface area contributed by atoms with Gasteiger partial charge in [-0.25, -0.2) is 4.79 Å². The van der Waals surface area contributed by atoms with E-state index in [1.807, 2.05) is 0 Å². The number of hydrogen-bond acceptors (Lipinski definition) is 6. The number of carbonyl (C=O) groups excluding carboxylic acids is 1. The Morgan fingerprint density at radius 1 is 1.33 bits per heavy atom. The van der Waals surface area contributed by atoms with Gasteiger partial charge in [0.25, 0.3) is 0 Å². The normalized spacial score (nSPS) is 9.93. The van der Waals surface area contributed by atoms with Crippen LogP contribution in [0.2, 0.25) is 0 Å². The molecule has 0 unspecified atom stereocenters. The second-order valence-electron chi connectivity index (χ2n) is 2.85. The van der Waals surface area contributed by atoms with E-state index in [1.165, 1.54) is 0 Å². The number of phenols is 2. The number of carbonyl (C=O) groups is 1. The Balaban J connectivity index is 3.32. The maximum absolute atomic E-state index is 11.3. The van der Waals surface area contributed by atoms with E-state index in [0.29, 0.717) is 0 Å². The number of benzene rings is 1. The number of esters is 1. The van der Waals surface area contributed by atoms with Crippen molar-refractivity contribution in [3.05, 3.63) is 11.6 Å². The smallest absolute Gasteiger partial charge is 0.345 e. The van der Waals surface area contributed by atoms with Crippen LogP contribution >= 0.6 is 0 Å². The number of hydrogen-bond donors (Lipinski definition) is 4. The summed E-state index contributed by atoms with van der Waals surface area (Å²) in [4.78, 5) is 11.3. The molecule has 1 aromatic carbocycles. The molecule has 0 spiro atoms. The third-order valence-electron chi connectivity index (χ3n) is 1.81. The van der Waals surface area contributed by atoms with Gasteiger partial charge in [0, 0.05) is 0 Å². The Morgan fingerprint density at radius 2 is 1.80 bits per heavy atom. The number of nitrogen functional groups attached to an aromatic ring is 2. The van der Waals surface area contributed by atoms with Gasteiger partial charge in [-0.2, -0.15) is 0 Å². The van der Waals surface area contributed by atoms with Crippen LogP contribution in [0.15, 0.2) is 6.07 Å². The molecule has 1 aromatic rings. The molecule has 6 heteroatoms. The Hall–Kier alpha value is -2.11. The lowest BCUT2D eigenvalue weighted by Crippen LogP contribution is -2.07. The highest BCUT2D eigenvalue weighted by molar-refractivity contribution is 5.99. The van der Waals surface area contributed by atoms with Gasteiger partial charge in [0.05, 0.1) is 18.0 Å². The minimum atomic E-state index is -0.869. The number of anilines is 2. The van der Waals surface area contributed by atoms with Gasteiger partial charge in [-0.3, -0.25) is 0 Å². The van der Waals surface area contributed by atoms with Crippen molar-refractivity contribution < 1.29 is 19.7 Å². The van der Waals surface area contributed by atoms with Crippen LogP contribution in [-0.4, -0.2) is 22.8 Å². The van der Waals surface area contributed by atoms with Crippen molar-refractivity contribution in [1.82, 2.24) is 0 Å². The van der Waals surface area contributed by atoms with E-state index < -0.39 is 23.0 Å². The molecule has 6 N–H and O–H groups in total. The molecule has 0 fully saturated rings. The molecule has 0 bridgehead atoms. The zero-order valence-corrected chi connectivity index (χ0v) is 8.15. The van der Waals surface area contributed by atoms with Gasteiger partial charge in [0.15, 0.2) is 11.5 Å². The highest BCUT2D eigenvalue weighted by Gasteiger charge is 2.22. The number of ether oxygens (including phenoxy) is 1. The lowest BCUT2D eigenvalue weighted by Gasteiger charge is -2.10. The molecule has 15 heavy (non-hydrogen) atoms. The molecular formula is C9H12N2O4. The first-order valence-electron chi connectivity index (χ1n) is 4.26. The highest BCUT2D eigenvalue weighted by atomic mass is 16.5. The SMILES string of the molecule is CCOC(=O)c1c(O)c(N)cc(N)c1O. The van der Waals surface area contributed by atoms with Crippen molar-refractivity contribution in [2.24, 2.45) is 0 Å². The maximum atomic E-state index is 11.3. The maximum Gasteiger partial charge on any atom is 0.345 e. The van der Waals surface area contributed by atoms with Crippen molar-refractivity contribution >= 4 is 17.3 Å². The summed E-state index contributed by atoms with van der Waals surface area (Å²) >= 11 is 0. The van der Waals surface area contributed by atoms with Gasteiger partial charge in [-0.15, -0.1) is 0 Å². The third kappa shape index (κ3) is 1.88. The van der Waals surface area contributed by atoms with Crippen molar-refractivity contribution in [3.8, 4) is 11.5 Å². The summed E-state index contributed by atoms with van der Waals surface area (Å²) in [6.45, 7) is 1.72. The zero-order chi connectivity index (χ0) is 11.6. The van der Waals surface area contributed by atoms with E-state index in [2.05, 4.69) is 4.74 Å². The van der Waals surface area contributed by atoms with Crippen LogP contribution in [0.4, 0.5) is 11.4 Å². The Kier molecular flexibility index (Phi) is 2.89. The van der Waals surface area contributed by atoms with Crippen molar-refractivity contribution in [3.63, 3.8) is 0 Å². The van der Waals surface area contributed by atoms with Gasteiger partial charge in [0.1, 0.15) is 5.56 Å². The standard InChI is InChI=1S/C9H12N2O4/c1-2-15-9(14)6-7(12)4(10)3-5(11)8(6)13/h3,12-13H,2,10-11H2,1H3. The van der Waals surface area contributed by atoms with Crippen molar-refractivity contribution in [2.45, 2.75) is 6.92 Å².